The molecule has 1 aliphatic rings. The molecule has 1 aliphatic heterocycles. The lowest BCUT2D eigenvalue weighted by Crippen LogP contribution is -2.47. The third-order valence-electron chi connectivity index (χ3n) is 5.09. The molecule has 144 valence electrons. The Morgan fingerprint density at radius 1 is 1.21 bits per heavy atom. The average molecular weight is 440 g/mol. The lowest BCUT2D eigenvalue weighted by atomic mass is 9.99. The largest absolute Gasteiger partial charge is 0.352 e. The number of hydrogen-bond acceptors (Lipinski definition) is 5. The van der Waals surface area contributed by atoms with E-state index in [1.54, 1.807) is 12.4 Å². The van der Waals surface area contributed by atoms with Crippen molar-refractivity contribution in [3.05, 3.63) is 58.5 Å². The van der Waals surface area contributed by atoms with E-state index < -0.39 is 0 Å². The molecule has 1 saturated heterocycles. The van der Waals surface area contributed by atoms with Crippen LogP contribution in [0.3, 0.4) is 0 Å². The van der Waals surface area contributed by atoms with E-state index in [0.717, 1.165) is 46.9 Å². The number of nitrogens with one attached hydrogen (secondary N) is 1. The molecule has 3 heterocycles. The Labute approximate surface area is 172 Å². The summed E-state index contributed by atoms with van der Waals surface area (Å²) in [6.07, 6.45) is 6.53. The summed E-state index contributed by atoms with van der Waals surface area (Å²) < 4.78 is 0.839. The third kappa shape index (κ3) is 3.99. The van der Waals surface area contributed by atoms with Crippen LogP contribution in [-0.2, 0) is 0 Å². The first-order chi connectivity index (χ1) is 13.6. The number of fused-ring (bicyclic) bond motifs is 1. The molecule has 0 saturated carbocycles. The molecule has 6 nitrogen and oxygen atoms in total. The SMILES string of the molecule is Cc1ccc2cccc(C(=O)N3CCCC[C@H]3CNc3ncc(Br)cn3)c2n1. The van der Waals surface area contributed by atoms with Gasteiger partial charge in [-0.3, -0.25) is 9.78 Å². The van der Waals surface area contributed by atoms with Crippen molar-refractivity contribution >= 4 is 38.7 Å². The molecule has 0 spiro atoms. The number of hydrogen-bond donors (Lipinski definition) is 1. The molecule has 1 amide bonds. The van der Waals surface area contributed by atoms with Gasteiger partial charge in [0.05, 0.1) is 15.6 Å². The minimum absolute atomic E-state index is 0.0481. The fourth-order valence-corrected chi connectivity index (χ4v) is 3.87. The Morgan fingerprint density at radius 2 is 2.04 bits per heavy atom. The van der Waals surface area contributed by atoms with Crippen LogP contribution < -0.4 is 5.32 Å². The summed E-state index contributed by atoms with van der Waals surface area (Å²) in [5.41, 5.74) is 2.37. The molecule has 1 fully saturated rings. The number of halogens is 1. The Balaban J connectivity index is 1.56. The first-order valence-electron chi connectivity index (χ1n) is 9.50. The number of carbonyl (C=O) groups is 1. The molecule has 0 radical (unpaired) electrons. The molecule has 1 atom stereocenters. The molecule has 1 aromatic carbocycles. The second kappa shape index (κ2) is 8.22. The van der Waals surface area contributed by atoms with Crippen molar-refractivity contribution in [3.63, 3.8) is 0 Å². The highest BCUT2D eigenvalue weighted by atomic mass is 79.9. The van der Waals surface area contributed by atoms with E-state index in [4.69, 9.17) is 0 Å². The number of anilines is 1. The molecular weight excluding hydrogens is 418 g/mol. The first-order valence-corrected chi connectivity index (χ1v) is 10.3. The van der Waals surface area contributed by atoms with Gasteiger partial charge in [0.1, 0.15) is 0 Å². The lowest BCUT2D eigenvalue weighted by molar-refractivity contribution is 0.0630. The number of nitrogens with zero attached hydrogens (tertiary/aromatic N) is 4. The number of likely N-dealkylation sites (tertiary alicyclic amines) is 1. The van der Waals surface area contributed by atoms with Crippen molar-refractivity contribution < 1.29 is 4.79 Å². The summed E-state index contributed by atoms with van der Waals surface area (Å²) in [6.45, 7) is 3.34. The second-order valence-corrected chi connectivity index (χ2v) is 8.00. The maximum absolute atomic E-state index is 13.4. The number of para-hydroxylation sites is 1. The molecule has 0 aliphatic carbocycles. The van der Waals surface area contributed by atoms with Crippen molar-refractivity contribution in [1.82, 2.24) is 19.9 Å². The molecule has 1 N–H and O–H groups in total. The normalized spacial score (nSPS) is 16.9. The zero-order valence-corrected chi connectivity index (χ0v) is 17.3. The van der Waals surface area contributed by atoms with Gasteiger partial charge in [-0.05, 0) is 54.2 Å². The van der Waals surface area contributed by atoms with Gasteiger partial charge in [-0.15, -0.1) is 0 Å². The summed E-state index contributed by atoms with van der Waals surface area (Å²) in [5, 5.41) is 4.26. The molecule has 28 heavy (non-hydrogen) atoms. The van der Waals surface area contributed by atoms with Crippen LogP contribution in [0, 0.1) is 6.92 Å². The lowest BCUT2D eigenvalue weighted by Gasteiger charge is -2.36. The minimum atomic E-state index is 0.0481. The molecule has 7 heteroatoms. The van der Waals surface area contributed by atoms with Crippen LogP contribution in [0.5, 0.6) is 0 Å². The summed E-state index contributed by atoms with van der Waals surface area (Å²) in [6, 6.07) is 9.91. The molecular formula is C21H22BrN5O. The van der Waals surface area contributed by atoms with E-state index in [0.29, 0.717) is 18.1 Å². The monoisotopic (exact) mass is 439 g/mol. The Morgan fingerprint density at radius 3 is 2.86 bits per heavy atom. The van der Waals surface area contributed by atoms with Crippen LogP contribution in [0.1, 0.15) is 35.3 Å². The maximum Gasteiger partial charge on any atom is 0.256 e. The average Bonchev–Trinajstić information content (AvgIpc) is 2.72. The summed E-state index contributed by atoms with van der Waals surface area (Å²) in [7, 11) is 0. The van der Waals surface area contributed by atoms with Gasteiger partial charge in [0.25, 0.3) is 5.91 Å². The van der Waals surface area contributed by atoms with Gasteiger partial charge in [0, 0.05) is 42.6 Å². The van der Waals surface area contributed by atoms with Gasteiger partial charge < -0.3 is 10.2 Å². The number of benzene rings is 1. The van der Waals surface area contributed by atoms with Crippen molar-refractivity contribution in [3.8, 4) is 0 Å². The van der Waals surface area contributed by atoms with Gasteiger partial charge in [-0.25, -0.2) is 9.97 Å². The number of pyridine rings is 1. The quantitative estimate of drug-likeness (QED) is 0.659. The second-order valence-electron chi connectivity index (χ2n) is 7.08. The maximum atomic E-state index is 13.4. The summed E-state index contributed by atoms with van der Waals surface area (Å²) in [5.74, 6) is 0.621. The molecule has 2 aromatic heterocycles. The van der Waals surface area contributed by atoms with Crippen LogP contribution in [-0.4, -0.2) is 44.9 Å². The number of carbonyl (C=O) groups excluding carboxylic acids is 1. The molecule has 0 bridgehead atoms. The van der Waals surface area contributed by atoms with Crippen LogP contribution in [0.25, 0.3) is 10.9 Å². The van der Waals surface area contributed by atoms with Gasteiger partial charge in [-0.1, -0.05) is 18.2 Å². The van der Waals surface area contributed by atoms with E-state index >= 15 is 0 Å². The van der Waals surface area contributed by atoms with E-state index in [9.17, 15) is 4.79 Å². The van der Waals surface area contributed by atoms with Gasteiger partial charge in [-0.2, -0.15) is 0 Å². The summed E-state index contributed by atoms with van der Waals surface area (Å²) >= 11 is 3.34. The molecule has 0 unspecified atom stereocenters. The third-order valence-corrected chi connectivity index (χ3v) is 5.50. The van der Waals surface area contributed by atoms with E-state index in [1.807, 2.05) is 42.2 Å². The van der Waals surface area contributed by atoms with Crippen LogP contribution in [0.15, 0.2) is 47.2 Å². The number of aromatic nitrogens is 3. The highest BCUT2D eigenvalue weighted by Crippen LogP contribution is 2.24. The topological polar surface area (TPSA) is 71.0 Å². The fraction of sp³-hybridized carbons (Fsp3) is 0.333. The minimum Gasteiger partial charge on any atom is -0.352 e. The van der Waals surface area contributed by atoms with Gasteiger partial charge in [0.2, 0.25) is 5.95 Å². The van der Waals surface area contributed by atoms with Crippen molar-refractivity contribution in [2.45, 2.75) is 32.2 Å². The predicted molar refractivity (Wildman–Crippen MR) is 113 cm³/mol. The highest BCUT2D eigenvalue weighted by Gasteiger charge is 2.28. The van der Waals surface area contributed by atoms with Gasteiger partial charge >= 0.3 is 0 Å². The van der Waals surface area contributed by atoms with Crippen molar-refractivity contribution in [1.29, 1.82) is 0 Å². The molecule has 4 rings (SSSR count). The van der Waals surface area contributed by atoms with Crippen molar-refractivity contribution in [2.75, 3.05) is 18.4 Å². The van der Waals surface area contributed by atoms with E-state index in [2.05, 4.69) is 36.2 Å². The Hall–Kier alpha value is -2.54. The van der Waals surface area contributed by atoms with Crippen LogP contribution >= 0.6 is 15.9 Å². The highest BCUT2D eigenvalue weighted by molar-refractivity contribution is 9.10. The number of amides is 1. The molecule has 3 aromatic rings. The Kier molecular flexibility index (Phi) is 5.52. The van der Waals surface area contributed by atoms with Crippen LogP contribution in [0.4, 0.5) is 5.95 Å². The van der Waals surface area contributed by atoms with E-state index in [-0.39, 0.29) is 11.9 Å². The first kappa shape index (κ1) is 18.8. The van der Waals surface area contributed by atoms with Crippen molar-refractivity contribution in [2.24, 2.45) is 0 Å². The standard InChI is InChI=1S/C21H22BrN5O/c1-14-8-9-15-5-4-7-18(19(15)26-14)20(28)27-10-3-2-6-17(27)13-25-21-23-11-16(22)12-24-21/h4-5,7-9,11-12,17H,2-3,6,10,13H2,1H3,(H,23,24,25)/t17-/m0/s1. The summed E-state index contributed by atoms with van der Waals surface area (Å²) in [4.78, 5) is 28.5. The zero-order valence-electron chi connectivity index (χ0n) is 15.7. The van der Waals surface area contributed by atoms with Gasteiger partial charge in [0.15, 0.2) is 0 Å². The predicted octanol–water partition coefficient (Wildman–Crippen LogP) is 4.20. The van der Waals surface area contributed by atoms with E-state index in [1.165, 1.54) is 0 Å². The fourth-order valence-electron chi connectivity index (χ4n) is 3.66. The number of rotatable bonds is 4. The zero-order chi connectivity index (χ0) is 19.5. The number of piperidine rings is 1. The van der Waals surface area contributed by atoms with Crippen LogP contribution in [0.2, 0.25) is 0 Å². The number of aryl methyl sites for hydroxylation is 1. The smallest absolute Gasteiger partial charge is 0.256 e. The Bertz CT molecular complexity index is 992.